The molecule has 0 saturated carbocycles. The summed E-state index contributed by atoms with van der Waals surface area (Å²) in [6, 6.07) is 7.64. The van der Waals surface area contributed by atoms with Gasteiger partial charge in [0.2, 0.25) is 5.95 Å². The van der Waals surface area contributed by atoms with Crippen molar-refractivity contribution in [3.8, 4) is 0 Å². The van der Waals surface area contributed by atoms with Gasteiger partial charge in [-0.3, -0.25) is 0 Å². The number of carbonyl (C=O) groups is 1. The summed E-state index contributed by atoms with van der Waals surface area (Å²) in [5.74, 6) is 0.437. The molecule has 6 nitrogen and oxygen atoms in total. The Morgan fingerprint density at radius 3 is 2.84 bits per heavy atom. The number of H-pyrrole nitrogens is 1. The Hall–Kier alpha value is -2.24. The number of anilines is 1. The van der Waals surface area contributed by atoms with Crippen LogP contribution >= 0.6 is 0 Å². The number of likely N-dealkylation sites (tertiary alicyclic amines) is 1. The molecule has 1 saturated heterocycles. The third kappa shape index (κ3) is 2.62. The number of rotatable bonds is 2. The van der Waals surface area contributed by atoms with E-state index in [0.717, 1.165) is 37.0 Å². The van der Waals surface area contributed by atoms with Crippen LogP contribution in [0.1, 0.15) is 19.3 Å². The first kappa shape index (κ1) is 11.8. The summed E-state index contributed by atoms with van der Waals surface area (Å²) < 4.78 is 0. The number of nitrogens with one attached hydrogen (secondary N) is 2. The number of fused-ring (bicyclic) bond motifs is 1. The molecule has 1 aliphatic rings. The fraction of sp³-hybridized carbons (Fsp3) is 0.385. The van der Waals surface area contributed by atoms with E-state index in [1.807, 2.05) is 24.3 Å². The molecule has 19 heavy (non-hydrogen) atoms. The number of hydrogen-bond donors (Lipinski definition) is 2. The number of benzene rings is 1. The van der Waals surface area contributed by atoms with Gasteiger partial charge in [0, 0.05) is 13.1 Å². The zero-order valence-corrected chi connectivity index (χ0v) is 10.6. The van der Waals surface area contributed by atoms with E-state index in [0.29, 0.717) is 5.95 Å². The van der Waals surface area contributed by atoms with E-state index >= 15 is 0 Å². The van der Waals surface area contributed by atoms with E-state index in [-0.39, 0.29) is 6.09 Å². The number of nitrogens with zero attached hydrogens (tertiary/aromatic N) is 2. The Bertz CT molecular complexity index is 542. The molecule has 1 aromatic carbocycles. The van der Waals surface area contributed by atoms with Crippen molar-refractivity contribution in [2.24, 2.45) is 0 Å². The number of piperidine rings is 1. The van der Waals surface area contributed by atoms with E-state index in [2.05, 4.69) is 15.4 Å². The van der Waals surface area contributed by atoms with Crippen LogP contribution in [0, 0.1) is 0 Å². The monoisotopic (exact) mass is 260 g/mol. The molecule has 2 aromatic rings. The number of imidazole rings is 1. The van der Waals surface area contributed by atoms with Gasteiger partial charge in [-0.05, 0) is 31.4 Å². The highest BCUT2D eigenvalue weighted by Gasteiger charge is 2.18. The standard InChI is InChI=1S/C13H16N4O2/c18-13(17-8-4-1-5-9-17)19-16-12-14-10-6-2-3-7-11(10)15-12/h2-3,6-7H,1,4-5,8-9H2,(H2,14,15,16). The Balaban J connectivity index is 1.60. The third-order valence-electron chi connectivity index (χ3n) is 3.24. The maximum Gasteiger partial charge on any atom is 0.434 e. The molecular formula is C13H16N4O2. The smallest absolute Gasteiger partial charge is 0.322 e. The molecule has 0 aliphatic carbocycles. The van der Waals surface area contributed by atoms with Gasteiger partial charge >= 0.3 is 6.09 Å². The Labute approximate surface area is 110 Å². The summed E-state index contributed by atoms with van der Waals surface area (Å²) in [5, 5.41) is 0. The number of para-hydroxylation sites is 2. The largest absolute Gasteiger partial charge is 0.434 e. The predicted octanol–water partition coefficient (Wildman–Crippen LogP) is 2.51. The Morgan fingerprint density at radius 1 is 1.26 bits per heavy atom. The highest BCUT2D eigenvalue weighted by molar-refractivity contribution is 5.77. The average molecular weight is 260 g/mol. The molecule has 1 fully saturated rings. The summed E-state index contributed by atoms with van der Waals surface area (Å²) >= 11 is 0. The van der Waals surface area contributed by atoms with Crippen molar-refractivity contribution in [2.75, 3.05) is 18.6 Å². The number of amides is 1. The van der Waals surface area contributed by atoms with E-state index in [9.17, 15) is 4.79 Å². The fourth-order valence-corrected chi connectivity index (χ4v) is 2.23. The van der Waals surface area contributed by atoms with Crippen molar-refractivity contribution in [1.29, 1.82) is 0 Å². The van der Waals surface area contributed by atoms with Gasteiger partial charge in [-0.15, -0.1) is 0 Å². The first-order chi connectivity index (χ1) is 9.33. The number of hydrogen-bond acceptors (Lipinski definition) is 4. The van der Waals surface area contributed by atoms with Crippen LogP contribution < -0.4 is 5.48 Å². The number of aromatic amines is 1. The number of aromatic nitrogens is 2. The molecule has 0 radical (unpaired) electrons. The van der Waals surface area contributed by atoms with Crippen molar-refractivity contribution in [3.63, 3.8) is 0 Å². The van der Waals surface area contributed by atoms with Gasteiger partial charge in [-0.1, -0.05) is 12.1 Å². The van der Waals surface area contributed by atoms with E-state index in [4.69, 9.17) is 4.84 Å². The molecular weight excluding hydrogens is 244 g/mol. The molecule has 0 unspecified atom stereocenters. The Kier molecular flexibility index (Phi) is 3.22. The van der Waals surface area contributed by atoms with Crippen molar-refractivity contribution >= 4 is 23.1 Å². The molecule has 2 N–H and O–H groups in total. The lowest BCUT2D eigenvalue weighted by molar-refractivity contribution is 0.113. The molecule has 2 heterocycles. The lowest BCUT2D eigenvalue weighted by Gasteiger charge is -2.25. The van der Waals surface area contributed by atoms with Crippen LogP contribution in [-0.2, 0) is 4.84 Å². The fourth-order valence-electron chi connectivity index (χ4n) is 2.23. The molecule has 0 atom stereocenters. The van der Waals surface area contributed by atoms with Crippen molar-refractivity contribution in [1.82, 2.24) is 14.9 Å². The van der Waals surface area contributed by atoms with Crippen LogP contribution in [-0.4, -0.2) is 34.1 Å². The van der Waals surface area contributed by atoms with Crippen LogP contribution in [0.3, 0.4) is 0 Å². The molecule has 100 valence electrons. The van der Waals surface area contributed by atoms with E-state index in [1.165, 1.54) is 6.42 Å². The summed E-state index contributed by atoms with van der Waals surface area (Å²) in [4.78, 5) is 25.8. The molecule has 6 heteroatoms. The van der Waals surface area contributed by atoms with E-state index < -0.39 is 0 Å². The lowest BCUT2D eigenvalue weighted by Crippen LogP contribution is -2.37. The topological polar surface area (TPSA) is 70.2 Å². The van der Waals surface area contributed by atoms with Crippen LogP contribution in [0.25, 0.3) is 11.0 Å². The second kappa shape index (κ2) is 5.17. The first-order valence-electron chi connectivity index (χ1n) is 6.49. The lowest BCUT2D eigenvalue weighted by atomic mass is 10.1. The Morgan fingerprint density at radius 2 is 2.05 bits per heavy atom. The van der Waals surface area contributed by atoms with Crippen molar-refractivity contribution in [3.05, 3.63) is 24.3 Å². The second-order valence-electron chi connectivity index (χ2n) is 4.62. The quantitative estimate of drug-likeness (QED) is 0.814. The molecule has 0 bridgehead atoms. The van der Waals surface area contributed by atoms with Gasteiger partial charge < -0.3 is 14.7 Å². The van der Waals surface area contributed by atoms with Crippen LogP contribution in [0.15, 0.2) is 24.3 Å². The van der Waals surface area contributed by atoms with Crippen molar-refractivity contribution < 1.29 is 9.63 Å². The van der Waals surface area contributed by atoms with Crippen LogP contribution in [0.5, 0.6) is 0 Å². The summed E-state index contributed by atoms with van der Waals surface area (Å²) in [5.41, 5.74) is 4.31. The first-order valence-corrected chi connectivity index (χ1v) is 6.49. The molecule has 0 spiro atoms. The summed E-state index contributed by atoms with van der Waals surface area (Å²) in [6.07, 6.45) is 2.92. The zero-order chi connectivity index (χ0) is 13.1. The van der Waals surface area contributed by atoms with Crippen LogP contribution in [0.2, 0.25) is 0 Å². The van der Waals surface area contributed by atoms with Gasteiger partial charge in [0.05, 0.1) is 11.0 Å². The average Bonchev–Trinajstić information content (AvgIpc) is 2.88. The van der Waals surface area contributed by atoms with Gasteiger partial charge in [-0.2, -0.15) is 5.48 Å². The van der Waals surface area contributed by atoms with Crippen LogP contribution in [0.4, 0.5) is 10.7 Å². The minimum Gasteiger partial charge on any atom is -0.322 e. The van der Waals surface area contributed by atoms with Gasteiger partial charge in [-0.25, -0.2) is 9.78 Å². The van der Waals surface area contributed by atoms with Crippen molar-refractivity contribution in [2.45, 2.75) is 19.3 Å². The summed E-state index contributed by atoms with van der Waals surface area (Å²) in [6.45, 7) is 1.53. The summed E-state index contributed by atoms with van der Waals surface area (Å²) in [7, 11) is 0. The highest BCUT2D eigenvalue weighted by Crippen LogP contribution is 2.14. The molecule has 1 aromatic heterocycles. The predicted molar refractivity (Wildman–Crippen MR) is 71.6 cm³/mol. The maximum atomic E-state index is 11.8. The molecule has 1 aliphatic heterocycles. The normalized spacial score (nSPS) is 15.5. The molecule has 1 amide bonds. The maximum absolute atomic E-state index is 11.8. The molecule has 3 rings (SSSR count). The van der Waals surface area contributed by atoms with Gasteiger partial charge in [0.1, 0.15) is 0 Å². The third-order valence-corrected chi connectivity index (χ3v) is 3.24. The zero-order valence-electron chi connectivity index (χ0n) is 10.6. The number of carbonyl (C=O) groups excluding carboxylic acids is 1. The SMILES string of the molecule is O=C(ONc1nc2ccccc2[nH]1)N1CCCCC1. The minimum atomic E-state index is -0.347. The van der Waals surface area contributed by atoms with E-state index in [1.54, 1.807) is 4.90 Å². The second-order valence-corrected chi connectivity index (χ2v) is 4.62. The van der Waals surface area contributed by atoms with Gasteiger partial charge in [0.25, 0.3) is 0 Å². The highest BCUT2D eigenvalue weighted by atomic mass is 16.7. The van der Waals surface area contributed by atoms with Gasteiger partial charge in [0.15, 0.2) is 0 Å². The minimum absolute atomic E-state index is 0.347.